The van der Waals surface area contributed by atoms with Gasteiger partial charge in [0, 0.05) is 19.6 Å². The van der Waals surface area contributed by atoms with Crippen LogP contribution in [0.15, 0.2) is 0 Å². The third-order valence-corrected chi connectivity index (χ3v) is 3.52. The van der Waals surface area contributed by atoms with Gasteiger partial charge in [0.05, 0.1) is 12.3 Å². The van der Waals surface area contributed by atoms with Crippen LogP contribution in [-0.4, -0.2) is 46.0 Å². The molecule has 7 heteroatoms. The quantitative estimate of drug-likeness (QED) is 0.792. The van der Waals surface area contributed by atoms with Crippen LogP contribution < -0.4 is 5.32 Å². The summed E-state index contributed by atoms with van der Waals surface area (Å²) in [6.45, 7) is 2.93. The molecule has 1 atom stereocenters. The van der Waals surface area contributed by atoms with Gasteiger partial charge < -0.3 is 15.2 Å². The molecule has 1 aromatic rings. The van der Waals surface area contributed by atoms with Gasteiger partial charge in [-0.1, -0.05) is 11.4 Å². The standard InChI is InChI=1S/C10H15N3O3S/c1-2-7-8(17-13-12-7)9(14)11-5-10(15)3-4-16-6-10/h15H,2-6H2,1H3,(H,11,14). The maximum Gasteiger partial charge on any atom is 0.265 e. The van der Waals surface area contributed by atoms with Gasteiger partial charge in [0.1, 0.15) is 10.5 Å². The fraction of sp³-hybridized carbons (Fsp3) is 0.700. The van der Waals surface area contributed by atoms with E-state index in [0.717, 1.165) is 11.5 Å². The van der Waals surface area contributed by atoms with Crippen LogP contribution in [0.3, 0.4) is 0 Å². The summed E-state index contributed by atoms with van der Waals surface area (Å²) >= 11 is 1.08. The van der Waals surface area contributed by atoms with Crippen LogP contribution in [0.5, 0.6) is 0 Å². The van der Waals surface area contributed by atoms with E-state index in [1.165, 1.54) is 0 Å². The van der Waals surface area contributed by atoms with Crippen LogP contribution >= 0.6 is 11.5 Å². The molecule has 2 heterocycles. The van der Waals surface area contributed by atoms with Crippen LogP contribution in [0.4, 0.5) is 0 Å². The van der Waals surface area contributed by atoms with E-state index in [4.69, 9.17) is 4.74 Å². The van der Waals surface area contributed by atoms with Crippen molar-refractivity contribution in [2.24, 2.45) is 0 Å². The van der Waals surface area contributed by atoms with Gasteiger partial charge in [-0.3, -0.25) is 4.79 Å². The summed E-state index contributed by atoms with van der Waals surface area (Å²) in [7, 11) is 0. The molecule has 0 aliphatic carbocycles. The Kier molecular flexibility index (Phi) is 3.70. The topological polar surface area (TPSA) is 84.3 Å². The van der Waals surface area contributed by atoms with Crippen molar-refractivity contribution in [3.8, 4) is 0 Å². The zero-order chi connectivity index (χ0) is 12.3. The van der Waals surface area contributed by atoms with Crippen LogP contribution in [-0.2, 0) is 11.2 Å². The highest BCUT2D eigenvalue weighted by molar-refractivity contribution is 7.08. The number of hydrogen-bond acceptors (Lipinski definition) is 6. The lowest BCUT2D eigenvalue weighted by Crippen LogP contribution is -2.43. The highest BCUT2D eigenvalue weighted by atomic mass is 32.1. The third kappa shape index (κ3) is 2.80. The fourth-order valence-electron chi connectivity index (χ4n) is 1.67. The van der Waals surface area contributed by atoms with Gasteiger partial charge in [-0.25, -0.2) is 0 Å². The lowest BCUT2D eigenvalue weighted by molar-refractivity contribution is 0.0265. The number of nitrogens with zero attached hydrogens (tertiary/aromatic N) is 2. The Morgan fingerprint density at radius 1 is 1.71 bits per heavy atom. The molecule has 1 unspecified atom stereocenters. The second kappa shape index (κ2) is 5.07. The average Bonchev–Trinajstić information content (AvgIpc) is 2.95. The van der Waals surface area contributed by atoms with E-state index >= 15 is 0 Å². The Labute approximate surface area is 103 Å². The molecule has 2 rings (SSSR count). The first-order valence-electron chi connectivity index (χ1n) is 5.54. The number of carbonyl (C=O) groups is 1. The predicted octanol–water partition coefficient (Wildman–Crippen LogP) is -0.0183. The van der Waals surface area contributed by atoms with Crippen LogP contribution in [0.25, 0.3) is 0 Å². The Bertz CT molecular complexity index is 401. The Morgan fingerprint density at radius 2 is 2.53 bits per heavy atom. The Morgan fingerprint density at radius 3 is 3.18 bits per heavy atom. The minimum atomic E-state index is -0.930. The first-order valence-corrected chi connectivity index (χ1v) is 6.31. The normalized spacial score (nSPS) is 23.9. The minimum Gasteiger partial charge on any atom is -0.386 e. The number of nitrogens with one attached hydrogen (secondary N) is 1. The molecule has 0 bridgehead atoms. The minimum absolute atomic E-state index is 0.201. The molecule has 0 aromatic carbocycles. The van der Waals surface area contributed by atoms with E-state index in [2.05, 4.69) is 14.9 Å². The molecule has 1 fully saturated rings. The summed E-state index contributed by atoms with van der Waals surface area (Å²) in [5, 5.41) is 16.6. The number of rotatable bonds is 4. The zero-order valence-electron chi connectivity index (χ0n) is 9.60. The van der Waals surface area contributed by atoms with E-state index < -0.39 is 5.60 Å². The van der Waals surface area contributed by atoms with Gasteiger partial charge in [0.25, 0.3) is 5.91 Å². The average molecular weight is 257 g/mol. The summed E-state index contributed by atoms with van der Waals surface area (Å²) in [4.78, 5) is 12.4. The van der Waals surface area contributed by atoms with E-state index in [-0.39, 0.29) is 19.1 Å². The van der Waals surface area contributed by atoms with Gasteiger partial charge in [-0.15, -0.1) is 5.10 Å². The Balaban J connectivity index is 1.93. The van der Waals surface area contributed by atoms with Crippen molar-refractivity contribution in [2.75, 3.05) is 19.8 Å². The number of hydrogen-bond donors (Lipinski definition) is 2. The van der Waals surface area contributed by atoms with Crippen molar-refractivity contribution in [1.29, 1.82) is 0 Å². The molecule has 94 valence electrons. The van der Waals surface area contributed by atoms with E-state index in [1.54, 1.807) is 0 Å². The van der Waals surface area contributed by atoms with Crippen molar-refractivity contribution >= 4 is 17.4 Å². The molecule has 6 nitrogen and oxygen atoms in total. The second-order valence-corrected chi connectivity index (χ2v) is 4.87. The van der Waals surface area contributed by atoms with Crippen LogP contribution in [0.2, 0.25) is 0 Å². The maximum absolute atomic E-state index is 11.9. The third-order valence-electron chi connectivity index (χ3n) is 2.76. The molecule has 0 radical (unpaired) electrons. The largest absolute Gasteiger partial charge is 0.386 e. The first-order chi connectivity index (χ1) is 8.14. The molecule has 1 aromatic heterocycles. The maximum atomic E-state index is 11.9. The summed E-state index contributed by atoms with van der Waals surface area (Å²) in [6, 6.07) is 0. The van der Waals surface area contributed by atoms with Gasteiger partial charge in [-0.05, 0) is 18.0 Å². The molecule has 1 aliphatic heterocycles. The van der Waals surface area contributed by atoms with E-state index in [1.807, 2.05) is 6.92 Å². The lowest BCUT2D eigenvalue weighted by Gasteiger charge is -2.20. The predicted molar refractivity (Wildman–Crippen MR) is 62.0 cm³/mol. The molecule has 2 N–H and O–H groups in total. The van der Waals surface area contributed by atoms with Crippen molar-refractivity contribution in [1.82, 2.24) is 14.9 Å². The first kappa shape index (κ1) is 12.4. The number of aryl methyl sites for hydroxylation is 1. The SMILES string of the molecule is CCc1nnsc1C(=O)NCC1(O)CCOC1. The smallest absolute Gasteiger partial charge is 0.265 e. The highest BCUT2D eigenvalue weighted by Crippen LogP contribution is 2.17. The molecule has 0 saturated carbocycles. The molecule has 1 amide bonds. The molecule has 0 spiro atoms. The fourth-order valence-corrected chi connectivity index (χ4v) is 2.34. The summed E-state index contributed by atoms with van der Waals surface area (Å²) in [6.07, 6.45) is 1.22. The number of aromatic nitrogens is 2. The number of ether oxygens (including phenoxy) is 1. The van der Waals surface area contributed by atoms with Gasteiger partial charge >= 0.3 is 0 Å². The second-order valence-electron chi connectivity index (χ2n) is 4.11. The van der Waals surface area contributed by atoms with Crippen molar-refractivity contribution in [2.45, 2.75) is 25.4 Å². The number of carbonyl (C=O) groups excluding carboxylic acids is 1. The van der Waals surface area contributed by atoms with E-state index in [9.17, 15) is 9.90 Å². The highest BCUT2D eigenvalue weighted by Gasteiger charge is 2.32. The molecule has 17 heavy (non-hydrogen) atoms. The van der Waals surface area contributed by atoms with Crippen molar-refractivity contribution in [3.05, 3.63) is 10.6 Å². The van der Waals surface area contributed by atoms with Gasteiger partial charge in [0.15, 0.2) is 0 Å². The Hall–Kier alpha value is -1.05. The summed E-state index contributed by atoms with van der Waals surface area (Å²) in [5.41, 5.74) is -0.234. The van der Waals surface area contributed by atoms with Crippen molar-refractivity contribution < 1.29 is 14.6 Å². The monoisotopic (exact) mass is 257 g/mol. The molecule has 1 aliphatic rings. The van der Waals surface area contributed by atoms with Gasteiger partial charge in [0.2, 0.25) is 0 Å². The van der Waals surface area contributed by atoms with Gasteiger partial charge in [-0.2, -0.15) is 0 Å². The summed E-state index contributed by atoms with van der Waals surface area (Å²) in [5.74, 6) is -0.225. The van der Waals surface area contributed by atoms with Crippen molar-refractivity contribution in [3.63, 3.8) is 0 Å². The zero-order valence-corrected chi connectivity index (χ0v) is 10.4. The number of amides is 1. The molecular weight excluding hydrogens is 242 g/mol. The van der Waals surface area contributed by atoms with E-state index in [0.29, 0.717) is 30.0 Å². The molecular formula is C10H15N3O3S. The number of aliphatic hydroxyl groups is 1. The van der Waals surface area contributed by atoms with Crippen LogP contribution in [0, 0.1) is 0 Å². The lowest BCUT2D eigenvalue weighted by atomic mass is 10.0. The summed E-state index contributed by atoms with van der Waals surface area (Å²) < 4.78 is 8.86. The molecule has 1 saturated heterocycles. The van der Waals surface area contributed by atoms with Crippen LogP contribution in [0.1, 0.15) is 28.7 Å².